The third-order valence-corrected chi connectivity index (χ3v) is 3.15. The maximum Gasteiger partial charge on any atom is 0.387 e. The monoisotopic (exact) mass is 358 g/mol. The second kappa shape index (κ2) is 11.2. The van der Waals surface area contributed by atoms with E-state index in [1.54, 1.807) is 26.3 Å². The summed E-state index contributed by atoms with van der Waals surface area (Å²) in [6, 6.07) is 4.94. The molecule has 0 aromatic heterocycles. The minimum absolute atomic E-state index is 0.0254. The first-order chi connectivity index (χ1) is 12.0. The normalized spacial score (nSPS) is 11.4. The van der Waals surface area contributed by atoms with Crippen LogP contribution in [0.4, 0.5) is 8.78 Å². The third-order valence-electron chi connectivity index (χ3n) is 3.15. The number of halogens is 2. The first-order valence-corrected chi connectivity index (χ1v) is 7.70. The molecule has 0 heterocycles. The first-order valence-electron chi connectivity index (χ1n) is 7.70. The van der Waals surface area contributed by atoms with Crippen LogP contribution in [0, 0.1) is 6.92 Å². The second-order valence-electron chi connectivity index (χ2n) is 5.11. The number of hydrogen-bond acceptors (Lipinski definition) is 4. The molecule has 0 fully saturated rings. The Morgan fingerprint density at radius 3 is 2.68 bits per heavy atom. The van der Waals surface area contributed by atoms with E-state index in [2.05, 4.69) is 25.7 Å². The van der Waals surface area contributed by atoms with Crippen LogP contribution in [0.2, 0.25) is 0 Å². The van der Waals surface area contributed by atoms with Crippen molar-refractivity contribution in [2.45, 2.75) is 20.1 Å². The predicted octanol–water partition coefficient (Wildman–Crippen LogP) is 1.02. The van der Waals surface area contributed by atoms with Gasteiger partial charge in [-0.3, -0.25) is 9.79 Å². The zero-order valence-corrected chi connectivity index (χ0v) is 14.6. The molecule has 0 saturated carbocycles. The molecule has 7 nitrogen and oxygen atoms in total. The Morgan fingerprint density at radius 2 is 2.04 bits per heavy atom. The van der Waals surface area contributed by atoms with E-state index < -0.39 is 6.61 Å². The van der Waals surface area contributed by atoms with Gasteiger partial charge >= 0.3 is 6.61 Å². The minimum atomic E-state index is -2.89. The lowest BCUT2D eigenvalue weighted by molar-refractivity contribution is -0.120. The maximum absolute atomic E-state index is 12.5. The third kappa shape index (κ3) is 8.30. The van der Waals surface area contributed by atoms with Gasteiger partial charge in [-0.1, -0.05) is 17.7 Å². The van der Waals surface area contributed by atoms with Gasteiger partial charge in [0, 0.05) is 32.8 Å². The zero-order chi connectivity index (χ0) is 18.7. The number of carbonyl (C=O) groups excluding carboxylic acids is 1. The summed E-state index contributed by atoms with van der Waals surface area (Å²) in [7, 11) is 3.10. The highest BCUT2D eigenvalue weighted by molar-refractivity contribution is 5.86. The van der Waals surface area contributed by atoms with Crippen LogP contribution in [0.5, 0.6) is 5.75 Å². The highest BCUT2D eigenvalue weighted by atomic mass is 19.3. The average molecular weight is 358 g/mol. The molecule has 1 rings (SSSR count). The fourth-order valence-corrected chi connectivity index (χ4v) is 1.98. The molecule has 0 saturated heterocycles. The van der Waals surface area contributed by atoms with Crippen LogP contribution >= 0.6 is 0 Å². The lowest BCUT2D eigenvalue weighted by Gasteiger charge is -2.15. The standard InChI is InChI=1S/C16H24F2N4O3/c1-11-4-5-13(25-15(17)18)12(8-11)9-21-16(19-2)22-10-14(23)20-6-7-24-3/h4-5,8,15H,6-7,9-10H2,1-3H3,(H,20,23)(H2,19,21,22). The predicted molar refractivity (Wildman–Crippen MR) is 90.9 cm³/mol. The van der Waals surface area contributed by atoms with Crippen molar-refractivity contribution in [3.05, 3.63) is 29.3 Å². The molecule has 1 amide bonds. The highest BCUT2D eigenvalue weighted by Gasteiger charge is 2.11. The number of hydrogen-bond donors (Lipinski definition) is 3. The summed E-state index contributed by atoms with van der Waals surface area (Å²) < 4.78 is 34.3. The molecule has 1 aromatic rings. The van der Waals surface area contributed by atoms with Gasteiger partial charge in [0.05, 0.1) is 13.2 Å². The number of alkyl halides is 2. The molecular formula is C16H24F2N4O3. The van der Waals surface area contributed by atoms with Gasteiger partial charge in [-0.15, -0.1) is 0 Å². The molecule has 0 unspecified atom stereocenters. The summed E-state index contributed by atoms with van der Waals surface area (Å²) in [5.41, 5.74) is 1.48. The zero-order valence-electron chi connectivity index (χ0n) is 14.6. The van der Waals surface area contributed by atoms with Gasteiger partial charge in [0.2, 0.25) is 5.91 Å². The summed E-state index contributed by atoms with van der Waals surface area (Å²) in [6.45, 7) is 0.0497. The van der Waals surface area contributed by atoms with E-state index in [9.17, 15) is 13.6 Å². The van der Waals surface area contributed by atoms with Crippen molar-refractivity contribution in [1.29, 1.82) is 0 Å². The number of aryl methyl sites for hydroxylation is 1. The van der Waals surface area contributed by atoms with E-state index in [0.717, 1.165) is 5.56 Å². The number of rotatable bonds is 9. The summed E-state index contributed by atoms with van der Waals surface area (Å²) in [5.74, 6) is 0.254. The quantitative estimate of drug-likeness (QED) is 0.349. The Labute approximate surface area is 145 Å². The van der Waals surface area contributed by atoms with Crippen molar-refractivity contribution in [1.82, 2.24) is 16.0 Å². The number of ether oxygens (including phenoxy) is 2. The number of nitrogens with zero attached hydrogens (tertiary/aromatic N) is 1. The van der Waals surface area contributed by atoms with E-state index in [-0.39, 0.29) is 24.7 Å². The smallest absolute Gasteiger partial charge is 0.387 e. The van der Waals surface area contributed by atoms with Crippen LogP contribution in [0.25, 0.3) is 0 Å². The number of carbonyl (C=O) groups is 1. The fourth-order valence-electron chi connectivity index (χ4n) is 1.98. The van der Waals surface area contributed by atoms with Gasteiger partial charge in [0.15, 0.2) is 5.96 Å². The van der Waals surface area contributed by atoms with Crippen molar-refractivity contribution < 1.29 is 23.0 Å². The topological polar surface area (TPSA) is 84.0 Å². The van der Waals surface area contributed by atoms with Crippen LogP contribution < -0.4 is 20.7 Å². The Balaban J connectivity index is 2.54. The molecule has 0 bridgehead atoms. The number of amides is 1. The lowest BCUT2D eigenvalue weighted by Crippen LogP contribution is -2.43. The average Bonchev–Trinajstić information content (AvgIpc) is 2.57. The molecule has 0 aliphatic rings. The summed E-state index contributed by atoms with van der Waals surface area (Å²) >= 11 is 0. The molecule has 1 aromatic carbocycles. The maximum atomic E-state index is 12.5. The Hall–Kier alpha value is -2.42. The van der Waals surface area contributed by atoms with Crippen LogP contribution in [0.15, 0.2) is 23.2 Å². The van der Waals surface area contributed by atoms with Gasteiger partial charge in [0.25, 0.3) is 0 Å². The van der Waals surface area contributed by atoms with Crippen molar-refractivity contribution in [2.24, 2.45) is 4.99 Å². The fraction of sp³-hybridized carbons (Fsp3) is 0.500. The van der Waals surface area contributed by atoms with E-state index in [1.165, 1.54) is 6.07 Å². The summed E-state index contributed by atoms with van der Waals surface area (Å²) in [5, 5.41) is 8.46. The first kappa shape index (κ1) is 20.6. The van der Waals surface area contributed by atoms with Gasteiger partial charge in [-0.05, 0) is 13.0 Å². The van der Waals surface area contributed by atoms with Gasteiger partial charge in [-0.25, -0.2) is 0 Å². The summed E-state index contributed by atoms with van der Waals surface area (Å²) in [6.07, 6.45) is 0. The Bertz CT molecular complexity index is 582. The number of methoxy groups -OCH3 is 1. The van der Waals surface area contributed by atoms with Crippen LogP contribution in [0.1, 0.15) is 11.1 Å². The van der Waals surface area contributed by atoms with Gasteiger partial charge in [-0.2, -0.15) is 8.78 Å². The Kier molecular flexibility index (Phi) is 9.23. The molecule has 0 spiro atoms. The Morgan fingerprint density at radius 1 is 1.28 bits per heavy atom. The SMILES string of the molecule is CN=C(NCC(=O)NCCOC)NCc1cc(C)ccc1OC(F)F. The number of benzene rings is 1. The van der Waals surface area contributed by atoms with Crippen LogP contribution in [-0.4, -0.2) is 52.3 Å². The number of guanidine groups is 1. The van der Waals surface area contributed by atoms with Crippen LogP contribution in [0.3, 0.4) is 0 Å². The molecule has 0 aliphatic heterocycles. The van der Waals surface area contributed by atoms with Crippen molar-refractivity contribution in [2.75, 3.05) is 33.9 Å². The summed E-state index contributed by atoms with van der Waals surface area (Å²) in [4.78, 5) is 15.6. The van der Waals surface area contributed by atoms with E-state index in [0.29, 0.717) is 24.7 Å². The van der Waals surface area contributed by atoms with Crippen molar-refractivity contribution >= 4 is 11.9 Å². The molecule has 0 atom stereocenters. The molecule has 0 aliphatic carbocycles. The molecule has 140 valence electrons. The second-order valence-corrected chi connectivity index (χ2v) is 5.11. The van der Waals surface area contributed by atoms with E-state index in [4.69, 9.17) is 4.74 Å². The van der Waals surface area contributed by atoms with E-state index >= 15 is 0 Å². The van der Waals surface area contributed by atoms with Gasteiger partial charge < -0.3 is 25.4 Å². The van der Waals surface area contributed by atoms with E-state index in [1.807, 2.05) is 6.92 Å². The number of aliphatic imine (C=N–C) groups is 1. The molecule has 3 N–H and O–H groups in total. The molecule has 9 heteroatoms. The van der Waals surface area contributed by atoms with Crippen LogP contribution in [-0.2, 0) is 16.1 Å². The largest absolute Gasteiger partial charge is 0.434 e. The molecule has 25 heavy (non-hydrogen) atoms. The van der Waals surface area contributed by atoms with Crippen molar-refractivity contribution in [3.63, 3.8) is 0 Å². The molecule has 0 radical (unpaired) electrons. The minimum Gasteiger partial charge on any atom is -0.434 e. The van der Waals surface area contributed by atoms with Crippen molar-refractivity contribution in [3.8, 4) is 5.75 Å². The molecular weight excluding hydrogens is 334 g/mol. The lowest BCUT2D eigenvalue weighted by atomic mass is 10.1. The number of nitrogens with one attached hydrogen (secondary N) is 3. The highest BCUT2D eigenvalue weighted by Crippen LogP contribution is 2.21. The van der Waals surface area contributed by atoms with Gasteiger partial charge in [0.1, 0.15) is 5.75 Å².